The third-order valence-electron chi connectivity index (χ3n) is 5.08. The van der Waals surface area contributed by atoms with Crippen LogP contribution >= 0.6 is 0 Å². The molecule has 34 heavy (non-hydrogen) atoms. The lowest BCUT2D eigenvalue weighted by Gasteiger charge is -2.26. The molecule has 10 heteroatoms. The van der Waals surface area contributed by atoms with Gasteiger partial charge in [0.2, 0.25) is 0 Å². The van der Waals surface area contributed by atoms with Gasteiger partial charge >= 0.3 is 5.97 Å². The van der Waals surface area contributed by atoms with E-state index in [-0.39, 0.29) is 13.1 Å². The highest BCUT2D eigenvalue weighted by molar-refractivity contribution is 5.93. The van der Waals surface area contributed by atoms with Gasteiger partial charge in [0.25, 0.3) is 0 Å². The van der Waals surface area contributed by atoms with Crippen molar-refractivity contribution in [3.8, 4) is 11.5 Å². The lowest BCUT2D eigenvalue weighted by atomic mass is 10.2. The molecule has 0 radical (unpaired) electrons. The van der Waals surface area contributed by atoms with Crippen LogP contribution in [0.2, 0.25) is 0 Å². The number of morpholine rings is 1. The second-order valence-corrected chi connectivity index (χ2v) is 7.13. The average Bonchev–Trinajstić information content (AvgIpc) is 3.32. The Hall–Kier alpha value is -3.37. The first-order valence-corrected chi connectivity index (χ1v) is 11.1. The Morgan fingerprint density at radius 3 is 2.65 bits per heavy atom. The second kappa shape index (κ2) is 13.4. The first-order valence-electron chi connectivity index (χ1n) is 11.1. The quantitative estimate of drug-likeness (QED) is 0.393. The SMILES string of the molecule is C.CC.COc1cc2c(Nc3c[nH]c(C(=O)O)c3)ncnc2cc1OCCCN1CCOCC1. The Kier molecular flexibility index (Phi) is 10.6. The van der Waals surface area contributed by atoms with E-state index in [1.807, 2.05) is 26.0 Å². The fourth-order valence-electron chi connectivity index (χ4n) is 3.46. The highest BCUT2D eigenvalue weighted by Gasteiger charge is 2.14. The molecule has 0 spiro atoms. The molecule has 0 saturated carbocycles. The molecule has 1 aliphatic heterocycles. The molecule has 1 fully saturated rings. The van der Waals surface area contributed by atoms with Crippen molar-refractivity contribution in [2.24, 2.45) is 0 Å². The summed E-state index contributed by atoms with van der Waals surface area (Å²) < 4.78 is 16.9. The molecule has 1 saturated heterocycles. The number of carboxylic acid groups (broad SMARTS) is 1. The van der Waals surface area contributed by atoms with Crippen LogP contribution in [0.15, 0.2) is 30.7 Å². The molecule has 1 aromatic carbocycles. The number of hydrogen-bond acceptors (Lipinski definition) is 8. The predicted molar refractivity (Wildman–Crippen MR) is 133 cm³/mol. The molecule has 0 unspecified atom stereocenters. The summed E-state index contributed by atoms with van der Waals surface area (Å²) in [6, 6.07) is 5.15. The van der Waals surface area contributed by atoms with Gasteiger partial charge in [-0.25, -0.2) is 14.8 Å². The van der Waals surface area contributed by atoms with E-state index in [2.05, 4.69) is 25.2 Å². The van der Waals surface area contributed by atoms with Crippen LogP contribution in [0.4, 0.5) is 11.5 Å². The number of benzene rings is 1. The van der Waals surface area contributed by atoms with Gasteiger partial charge in [-0.05, 0) is 18.6 Å². The van der Waals surface area contributed by atoms with Gasteiger partial charge in [0.1, 0.15) is 17.8 Å². The van der Waals surface area contributed by atoms with Crippen LogP contribution in [0, 0.1) is 0 Å². The van der Waals surface area contributed by atoms with E-state index in [0.29, 0.717) is 35.1 Å². The van der Waals surface area contributed by atoms with Crippen molar-refractivity contribution in [1.29, 1.82) is 0 Å². The number of fused-ring (bicyclic) bond motifs is 1. The number of aromatic amines is 1. The molecule has 10 nitrogen and oxygen atoms in total. The third kappa shape index (κ3) is 6.82. The average molecular weight is 474 g/mol. The molecule has 4 rings (SSSR count). The maximum absolute atomic E-state index is 11.1. The number of aromatic carboxylic acids is 1. The maximum atomic E-state index is 11.1. The molecule has 0 atom stereocenters. The number of nitrogens with one attached hydrogen (secondary N) is 2. The minimum Gasteiger partial charge on any atom is -0.493 e. The highest BCUT2D eigenvalue weighted by atomic mass is 16.5. The van der Waals surface area contributed by atoms with Crippen LogP contribution in [0.3, 0.4) is 0 Å². The van der Waals surface area contributed by atoms with E-state index in [4.69, 9.17) is 19.3 Å². The molecule has 1 aliphatic rings. The van der Waals surface area contributed by atoms with Crippen LogP contribution in [0.1, 0.15) is 38.2 Å². The van der Waals surface area contributed by atoms with Crippen molar-refractivity contribution in [1.82, 2.24) is 19.9 Å². The monoisotopic (exact) mass is 473 g/mol. The molecule has 0 amide bonds. The zero-order valence-corrected chi connectivity index (χ0v) is 19.3. The molecule has 0 aliphatic carbocycles. The van der Waals surface area contributed by atoms with E-state index in [0.717, 1.165) is 44.7 Å². The largest absolute Gasteiger partial charge is 0.493 e. The van der Waals surface area contributed by atoms with Gasteiger partial charge < -0.3 is 29.6 Å². The second-order valence-electron chi connectivity index (χ2n) is 7.13. The number of rotatable bonds is 9. The molecular formula is C24H35N5O5. The fraction of sp³-hybridized carbons (Fsp3) is 0.458. The Morgan fingerprint density at radius 1 is 1.21 bits per heavy atom. The summed E-state index contributed by atoms with van der Waals surface area (Å²) in [5.74, 6) is 0.712. The molecule has 3 N–H and O–H groups in total. The van der Waals surface area contributed by atoms with E-state index in [1.54, 1.807) is 13.3 Å². The predicted octanol–water partition coefficient (Wildman–Crippen LogP) is 4.17. The zero-order valence-electron chi connectivity index (χ0n) is 19.3. The number of ether oxygens (including phenoxy) is 3. The van der Waals surface area contributed by atoms with Crippen LogP contribution in [0.5, 0.6) is 11.5 Å². The molecule has 3 heterocycles. The van der Waals surface area contributed by atoms with Crippen molar-refractivity contribution >= 4 is 28.4 Å². The van der Waals surface area contributed by atoms with Gasteiger partial charge in [-0.2, -0.15) is 0 Å². The smallest absolute Gasteiger partial charge is 0.352 e. The van der Waals surface area contributed by atoms with Crippen molar-refractivity contribution in [3.05, 3.63) is 36.4 Å². The highest BCUT2D eigenvalue weighted by Crippen LogP contribution is 2.34. The van der Waals surface area contributed by atoms with Crippen molar-refractivity contribution in [3.63, 3.8) is 0 Å². The number of hydrogen-bond donors (Lipinski definition) is 3. The summed E-state index contributed by atoms with van der Waals surface area (Å²) in [4.78, 5) is 24.8. The Morgan fingerprint density at radius 2 is 1.97 bits per heavy atom. The van der Waals surface area contributed by atoms with Gasteiger partial charge in [-0.3, -0.25) is 4.90 Å². The summed E-state index contributed by atoms with van der Waals surface area (Å²) in [5.41, 5.74) is 1.36. The van der Waals surface area contributed by atoms with Gasteiger partial charge in [0, 0.05) is 37.3 Å². The number of aromatic nitrogens is 3. The van der Waals surface area contributed by atoms with Crippen molar-refractivity contribution in [2.75, 3.05) is 51.9 Å². The Labute approximate surface area is 200 Å². The summed E-state index contributed by atoms with van der Waals surface area (Å²) in [5, 5.41) is 12.9. The molecular weight excluding hydrogens is 438 g/mol. The van der Waals surface area contributed by atoms with Crippen LogP contribution in [-0.4, -0.2) is 77.5 Å². The lowest BCUT2D eigenvalue weighted by molar-refractivity contribution is 0.0357. The minimum atomic E-state index is -1.03. The minimum absolute atomic E-state index is 0. The Bertz CT molecular complexity index is 1050. The maximum Gasteiger partial charge on any atom is 0.352 e. The third-order valence-corrected chi connectivity index (χ3v) is 5.08. The fourth-order valence-corrected chi connectivity index (χ4v) is 3.46. The van der Waals surface area contributed by atoms with Gasteiger partial charge in [-0.15, -0.1) is 0 Å². The first-order chi connectivity index (χ1) is 16.1. The van der Waals surface area contributed by atoms with E-state index >= 15 is 0 Å². The normalized spacial score (nSPS) is 13.4. The number of carboxylic acids is 1. The molecule has 186 valence electrons. The topological polar surface area (TPSA) is 122 Å². The van der Waals surface area contributed by atoms with Crippen LogP contribution < -0.4 is 14.8 Å². The summed E-state index contributed by atoms with van der Waals surface area (Å²) >= 11 is 0. The molecule has 0 bridgehead atoms. The Balaban J connectivity index is 0.00000133. The van der Waals surface area contributed by atoms with E-state index < -0.39 is 5.97 Å². The molecule has 3 aromatic rings. The lowest BCUT2D eigenvalue weighted by Crippen LogP contribution is -2.37. The molecule has 2 aromatic heterocycles. The number of carbonyl (C=O) groups is 1. The summed E-state index contributed by atoms with van der Waals surface area (Å²) in [7, 11) is 1.59. The number of anilines is 2. The first kappa shape index (κ1) is 26.9. The van der Waals surface area contributed by atoms with Gasteiger partial charge in [0.05, 0.1) is 38.1 Å². The van der Waals surface area contributed by atoms with Gasteiger partial charge in [0.15, 0.2) is 11.5 Å². The van der Waals surface area contributed by atoms with Gasteiger partial charge in [-0.1, -0.05) is 21.3 Å². The summed E-state index contributed by atoms with van der Waals surface area (Å²) in [6.07, 6.45) is 3.92. The standard InChI is InChI=1S/C21H25N5O5.C2H6.CH4/c1-29-18-10-15-16(11-19(18)31-6-2-3-26-4-7-30-8-5-26)23-13-24-20(15)25-14-9-17(21(27)28)22-12-14;1-2;/h9-13,22H,2-8H2,1H3,(H,27,28)(H,23,24,25);1-2H3;1H4. The zero-order chi connectivity index (χ0) is 23.6. The van der Waals surface area contributed by atoms with Crippen molar-refractivity contribution < 1.29 is 24.1 Å². The number of nitrogens with zero attached hydrogens (tertiary/aromatic N) is 3. The van der Waals surface area contributed by atoms with E-state index in [9.17, 15) is 4.79 Å². The van der Waals surface area contributed by atoms with Crippen LogP contribution in [-0.2, 0) is 4.74 Å². The number of methoxy groups -OCH3 is 1. The van der Waals surface area contributed by atoms with Crippen LogP contribution in [0.25, 0.3) is 10.9 Å². The number of H-pyrrole nitrogens is 1. The summed E-state index contributed by atoms with van der Waals surface area (Å²) in [6.45, 7) is 9.02. The van der Waals surface area contributed by atoms with E-state index in [1.165, 1.54) is 12.4 Å². The van der Waals surface area contributed by atoms with Crippen molar-refractivity contribution in [2.45, 2.75) is 27.7 Å².